The van der Waals surface area contributed by atoms with Gasteiger partial charge in [0.25, 0.3) is 5.91 Å². The maximum Gasteiger partial charge on any atom is 0.349 e. The van der Waals surface area contributed by atoms with Gasteiger partial charge in [0, 0.05) is 27.0 Å². The molecular weight excluding hydrogens is 274 g/mol. The number of amides is 1. The van der Waals surface area contributed by atoms with Crippen molar-refractivity contribution in [2.75, 3.05) is 13.2 Å². The monoisotopic (exact) mass is 291 g/mol. The molecule has 0 aliphatic heterocycles. The fourth-order valence-electron chi connectivity index (χ4n) is 1.24. The van der Waals surface area contributed by atoms with Gasteiger partial charge in [-0.2, -0.15) is 0 Å². The van der Waals surface area contributed by atoms with Crippen LogP contribution in [0.4, 0.5) is 0 Å². The Hall–Kier alpha value is -2.16. The Morgan fingerprint density at radius 3 is 1.95 bits per heavy atom. The molecule has 0 bridgehead atoms. The standard InChI is InChI=1S/C11H17NO8/c1-6(14)19-8(10(16)12-4-3-5-13)9(11(17)18)20-7(2)15/h8-9,13H,3-5H2,1-2H3,(H,12,16)(H,17,18). The van der Waals surface area contributed by atoms with E-state index in [1.165, 1.54) is 0 Å². The van der Waals surface area contributed by atoms with Gasteiger partial charge < -0.3 is 25.0 Å². The molecule has 0 aromatic carbocycles. The summed E-state index contributed by atoms with van der Waals surface area (Å²) in [4.78, 5) is 44.5. The molecule has 2 atom stereocenters. The van der Waals surface area contributed by atoms with E-state index >= 15 is 0 Å². The Morgan fingerprint density at radius 1 is 1.05 bits per heavy atom. The Kier molecular flexibility index (Phi) is 7.90. The first-order valence-electron chi connectivity index (χ1n) is 5.75. The van der Waals surface area contributed by atoms with Crippen molar-refractivity contribution in [1.29, 1.82) is 0 Å². The van der Waals surface area contributed by atoms with E-state index in [-0.39, 0.29) is 19.6 Å². The number of carbonyl (C=O) groups excluding carboxylic acids is 3. The topological polar surface area (TPSA) is 139 Å². The molecular formula is C11H17NO8. The number of esters is 2. The summed E-state index contributed by atoms with van der Waals surface area (Å²) in [5, 5.41) is 19.8. The van der Waals surface area contributed by atoms with Crippen LogP contribution in [0.15, 0.2) is 0 Å². The second-order valence-corrected chi connectivity index (χ2v) is 3.77. The van der Waals surface area contributed by atoms with Crippen LogP contribution in [0.5, 0.6) is 0 Å². The summed E-state index contributed by atoms with van der Waals surface area (Å²) in [7, 11) is 0. The first kappa shape index (κ1) is 17.8. The van der Waals surface area contributed by atoms with Gasteiger partial charge in [-0.3, -0.25) is 14.4 Å². The fourth-order valence-corrected chi connectivity index (χ4v) is 1.24. The van der Waals surface area contributed by atoms with E-state index in [1.54, 1.807) is 0 Å². The lowest BCUT2D eigenvalue weighted by Gasteiger charge is -2.22. The zero-order chi connectivity index (χ0) is 15.7. The quantitative estimate of drug-likeness (QED) is 0.360. The van der Waals surface area contributed by atoms with Crippen LogP contribution in [0.1, 0.15) is 20.3 Å². The van der Waals surface area contributed by atoms with Crippen molar-refractivity contribution in [2.24, 2.45) is 0 Å². The maximum absolute atomic E-state index is 11.8. The van der Waals surface area contributed by atoms with Crippen molar-refractivity contribution < 1.29 is 38.9 Å². The second kappa shape index (κ2) is 8.86. The zero-order valence-electron chi connectivity index (χ0n) is 11.1. The molecule has 9 nitrogen and oxygen atoms in total. The van der Waals surface area contributed by atoms with Crippen LogP contribution in [0.2, 0.25) is 0 Å². The molecule has 0 spiro atoms. The number of aliphatic hydroxyl groups is 1. The Morgan fingerprint density at radius 2 is 1.55 bits per heavy atom. The van der Waals surface area contributed by atoms with Gasteiger partial charge in [-0.05, 0) is 6.42 Å². The molecule has 0 rings (SSSR count). The van der Waals surface area contributed by atoms with Crippen molar-refractivity contribution in [3.8, 4) is 0 Å². The van der Waals surface area contributed by atoms with Crippen molar-refractivity contribution in [3.63, 3.8) is 0 Å². The van der Waals surface area contributed by atoms with Crippen LogP contribution in [0.25, 0.3) is 0 Å². The predicted octanol–water partition coefficient (Wildman–Crippen LogP) is -1.57. The highest BCUT2D eigenvalue weighted by molar-refractivity contribution is 5.90. The lowest BCUT2D eigenvalue weighted by atomic mass is 10.2. The van der Waals surface area contributed by atoms with Gasteiger partial charge >= 0.3 is 17.9 Å². The van der Waals surface area contributed by atoms with E-state index in [2.05, 4.69) is 14.8 Å². The third-order valence-corrected chi connectivity index (χ3v) is 2.00. The molecule has 0 aromatic rings. The minimum absolute atomic E-state index is 0.0551. The van der Waals surface area contributed by atoms with Gasteiger partial charge in [0.2, 0.25) is 12.2 Å². The smallest absolute Gasteiger partial charge is 0.349 e. The zero-order valence-corrected chi connectivity index (χ0v) is 11.1. The highest BCUT2D eigenvalue weighted by Gasteiger charge is 2.39. The normalized spacial score (nSPS) is 12.9. The van der Waals surface area contributed by atoms with Crippen molar-refractivity contribution in [3.05, 3.63) is 0 Å². The average Bonchev–Trinajstić information content (AvgIpc) is 2.32. The van der Waals surface area contributed by atoms with Crippen LogP contribution in [0.3, 0.4) is 0 Å². The molecule has 3 N–H and O–H groups in total. The van der Waals surface area contributed by atoms with Gasteiger partial charge in [0.1, 0.15) is 0 Å². The van der Waals surface area contributed by atoms with E-state index < -0.39 is 36.0 Å². The SMILES string of the molecule is CC(=O)OC(C(=O)O)C(OC(C)=O)C(=O)NCCCO. The number of nitrogens with one attached hydrogen (secondary N) is 1. The van der Waals surface area contributed by atoms with Gasteiger partial charge in [-0.25, -0.2) is 4.79 Å². The number of aliphatic hydroxyl groups excluding tert-OH is 1. The molecule has 9 heteroatoms. The van der Waals surface area contributed by atoms with Crippen molar-refractivity contribution in [2.45, 2.75) is 32.5 Å². The van der Waals surface area contributed by atoms with E-state index in [1.807, 2.05) is 0 Å². The van der Waals surface area contributed by atoms with Gasteiger partial charge in [-0.1, -0.05) is 0 Å². The largest absolute Gasteiger partial charge is 0.478 e. The molecule has 2 unspecified atom stereocenters. The van der Waals surface area contributed by atoms with Crippen LogP contribution in [-0.2, 0) is 28.7 Å². The third-order valence-electron chi connectivity index (χ3n) is 2.00. The summed E-state index contributed by atoms with van der Waals surface area (Å²) in [5.74, 6) is -4.38. The lowest BCUT2D eigenvalue weighted by Crippen LogP contribution is -2.50. The number of hydrogen-bond acceptors (Lipinski definition) is 7. The van der Waals surface area contributed by atoms with Crippen molar-refractivity contribution in [1.82, 2.24) is 5.32 Å². The highest BCUT2D eigenvalue weighted by atomic mass is 16.6. The Balaban J connectivity index is 4.97. The minimum atomic E-state index is -1.94. The summed E-state index contributed by atoms with van der Waals surface area (Å²) in [6.45, 7) is 1.83. The summed E-state index contributed by atoms with van der Waals surface area (Å²) < 4.78 is 9.07. The number of carbonyl (C=O) groups is 4. The van der Waals surface area contributed by atoms with E-state index in [0.29, 0.717) is 0 Å². The molecule has 114 valence electrons. The van der Waals surface area contributed by atoms with Gasteiger partial charge in [0.05, 0.1) is 0 Å². The summed E-state index contributed by atoms with van der Waals surface area (Å²) in [6, 6.07) is 0. The predicted molar refractivity (Wildman–Crippen MR) is 63.5 cm³/mol. The third kappa shape index (κ3) is 6.69. The molecule has 0 radical (unpaired) electrons. The second-order valence-electron chi connectivity index (χ2n) is 3.77. The average molecular weight is 291 g/mol. The summed E-state index contributed by atoms with van der Waals surface area (Å²) >= 11 is 0. The Bertz CT molecular complexity index is 381. The number of carboxylic acids is 1. The number of ether oxygens (including phenoxy) is 2. The van der Waals surface area contributed by atoms with Crippen LogP contribution in [0, 0.1) is 0 Å². The molecule has 0 aliphatic carbocycles. The first-order chi connectivity index (χ1) is 9.29. The summed E-state index contributed by atoms with van der Waals surface area (Å²) in [5.41, 5.74) is 0. The van der Waals surface area contributed by atoms with Gasteiger partial charge in [-0.15, -0.1) is 0 Å². The van der Waals surface area contributed by atoms with E-state index in [9.17, 15) is 19.2 Å². The highest BCUT2D eigenvalue weighted by Crippen LogP contribution is 2.07. The van der Waals surface area contributed by atoms with Crippen LogP contribution in [-0.4, -0.2) is 59.4 Å². The molecule has 0 saturated carbocycles. The molecule has 0 heterocycles. The molecule has 0 saturated heterocycles. The molecule has 0 aromatic heterocycles. The molecule has 0 aliphatic rings. The van der Waals surface area contributed by atoms with Gasteiger partial charge in [0.15, 0.2) is 0 Å². The lowest BCUT2D eigenvalue weighted by molar-refractivity contribution is -0.180. The number of rotatable bonds is 8. The van der Waals surface area contributed by atoms with E-state index in [0.717, 1.165) is 13.8 Å². The molecule has 20 heavy (non-hydrogen) atoms. The van der Waals surface area contributed by atoms with Crippen LogP contribution < -0.4 is 5.32 Å². The number of aliphatic carboxylic acids is 1. The number of carboxylic acid groups (broad SMARTS) is 1. The minimum Gasteiger partial charge on any atom is -0.478 e. The fraction of sp³-hybridized carbons (Fsp3) is 0.636. The summed E-state index contributed by atoms with van der Waals surface area (Å²) in [6.07, 6.45) is -3.50. The maximum atomic E-state index is 11.8. The Labute approximate surface area is 114 Å². The van der Waals surface area contributed by atoms with E-state index in [4.69, 9.17) is 10.2 Å². The van der Waals surface area contributed by atoms with Crippen LogP contribution >= 0.6 is 0 Å². The van der Waals surface area contributed by atoms with Crippen molar-refractivity contribution >= 4 is 23.8 Å². The first-order valence-corrected chi connectivity index (χ1v) is 5.75. The number of hydrogen-bond donors (Lipinski definition) is 3. The molecule has 0 fully saturated rings. The molecule has 1 amide bonds.